The van der Waals surface area contributed by atoms with Crippen molar-refractivity contribution in [3.63, 3.8) is 0 Å². The third-order valence-electron chi connectivity index (χ3n) is 1.48. The van der Waals surface area contributed by atoms with Crippen LogP contribution in [0.2, 0.25) is 0 Å². The van der Waals surface area contributed by atoms with Gasteiger partial charge in [-0.3, -0.25) is 0 Å². The number of hydrogen-bond acceptors (Lipinski definition) is 4. The SMILES string of the molecule is COC(=O)c1nc(Br)cc(Br)c1OC. The Kier molecular flexibility index (Phi) is 3.88. The predicted octanol–water partition coefficient (Wildman–Crippen LogP) is 2.40. The highest BCUT2D eigenvalue weighted by Gasteiger charge is 2.18. The molecule has 0 saturated heterocycles. The molecule has 0 atom stereocenters. The molecule has 0 radical (unpaired) electrons. The molecule has 0 aliphatic carbocycles. The van der Waals surface area contributed by atoms with Crippen LogP contribution in [0.25, 0.3) is 0 Å². The summed E-state index contributed by atoms with van der Waals surface area (Å²) < 4.78 is 10.8. The van der Waals surface area contributed by atoms with E-state index in [9.17, 15) is 4.79 Å². The average molecular weight is 325 g/mol. The molecule has 0 aliphatic heterocycles. The van der Waals surface area contributed by atoms with Crippen LogP contribution in [0, 0.1) is 0 Å². The zero-order chi connectivity index (χ0) is 10.7. The van der Waals surface area contributed by atoms with Crippen LogP contribution in [-0.4, -0.2) is 25.2 Å². The summed E-state index contributed by atoms with van der Waals surface area (Å²) in [6, 6.07) is 1.69. The molecule has 14 heavy (non-hydrogen) atoms. The number of carbonyl (C=O) groups excluding carboxylic acids is 1. The Labute approximate surface area is 97.9 Å². The highest BCUT2D eigenvalue weighted by atomic mass is 79.9. The minimum atomic E-state index is -0.538. The summed E-state index contributed by atoms with van der Waals surface area (Å²) in [6.07, 6.45) is 0. The smallest absolute Gasteiger partial charge is 0.360 e. The van der Waals surface area contributed by atoms with Gasteiger partial charge in [0, 0.05) is 0 Å². The lowest BCUT2D eigenvalue weighted by Gasteiger charge is -2.07. The molecule has 0 saturated carbocycles. The molecular weight excluding hydrogens is 318 g/mol. The number of esters is 1. The van der Waals surface area contributed by atoms with Crippen LogP contribution in [0.3, 0.4) is 0 Å². The summed E-state index contributed by atoms with van der Waals surface area (Å²) in [7, 11) is 2.75. The minimum Gasteiger partial charge on any atom is -0.493 e. The van der Waals surface area contributed by atoms with Gasteiger partial charge in [0.15, 0.2) is 11.4 Å². The second-order valence-corrected chi connectivity index (χ2v) is 3.97. The molecule has 0 spiro atoms. The van der Waals surface area contributed by atoms with Crippen LogP contribution in [0.15, 0.2) is 15.1 Å². The number of nitrogens with zero attached hydrogens (tertiary/aromatic N) is 1. The van der Waals surface area contributed by atoms with Gasteiger partial charge < -0.3 is 9.47 Å². The Morgan fingerprint density at radius 2 is 2.07 bits per heavy atom. The minimum absolute atomic E-state index is 0.135. The first kappa shape index (κ1) is 11.5. The van der Waals surface area contributed by atoms with Crippen molar-refractivity contribution in [2.24, 2.45) is 0 Å². The predicted molar refractivity (Wildman–Crippen MR) is 57.5 cm³/mol. The number of aromatic nitrogens is 1. The lowest BCUT2D eigenvalue weighted by atomic mass is 10.3. The molecule has 0 amide bonds. The summed E-state index contributed by atoms with van der Waals surface area (Å²) in [5, 5.41) is 0. The van der Waals surface area contributed by atoms with E-state index < -0.39 is 5.97 Å². The maximum absolute atomic E-state index is 11.3. The van der Waals surface area contributed by atoms with Crippen molar-refractivity contribution in [2.45, 2.75) is 0 Å². The van der Waals surface area contributed by atoms with Crippen molar-refractivity contribution in [2.75, 3.05) is 14.2 Å². The second kappa shape index (κ2) is 4.75. The van der Waals surface area contributed by atoms with E-state index in [4.69, 9.17) is 4.74 Å². The van der Waals surface area contributed by atoms with E-state index in [0.29, 0.717) is 14.8 Å². The Bertz CT molecular complexity index is 368. The third-order valence-corrected chi connectivity index (χ3v) is 2.47. The molecular formula is C8H7Br2NO3. The zero-order valence-corrected chi connectivity index (χ0v) is 10.7. The quantitative estimate of drug-likeness (QED) is 0.619. The molecule has 1 aromatic heterocycles. The van der Waals surface area contributed by atoms with Crippen LogP contribution in [0.1, 0.15) is 10.5 Å². The number of halogens is 2. The van der Waals surface area contributed by atoms with Crippen molar-refractivity contribution in [3.8, 4) is 5.75 Å². The van der Waals surface area contributed by atoms with Crippen LogP contribution in [-0.2, 0) is 4.74 Å². The summed E-state index contributed by atoms with van der Waals surface area (Å²) in [5.74, 6) is -0.177. The number of ether oxygens (including phenoxy) is 2. The van der Waals surface area contributed by atoms with Gasteiger partial charge in [-0.05, 0) is 37.9 Å². The van der Waals surface area contributed by atoms with Crippen LogP contribution in [0.4, 0.5) is 0 Å². The number of pyridine rings is 1. The molecule has 0 aromatic carbocycles. The van der Waals surface area contributed by atoms with Crippen LogP contribution in [0.5, 0.6) is 5.75 Å². The molecule has 0 bridgehead atoms. The number of carbonyl (C=O) groups is 1. The van der Waals surface area contributed by atoms with E-state index in [1.54, 1.807) is 6.07 Å². The fourth-order valence-electron chi connectivity index (χ4n) is 0.902. The highest BCUT2D eigenvalue weighted by Crippen LogP contribution is 2.30. The van der Waals surface area contributed by atoms with Gasteiger partial charge in [-0.25, -0.2) is 9.78 Å². The largest absolute Gasteiger partial charge is 0.493 e. The van der Waals surface area contributed by atoms with Crippen molar-refractivity contribution in [1.82, 2.24) is 4.98 Å². The molecule has 0 N–H and O–H groups in total. The first-order valence-corrected chi connectivity index (χ1v) is 5.17. The maximum atomic E-state index is 11.3. The monoisotopic (exact) mass is 323 g/mol. The number of rotatable bonds is 2. The Balaban J connectivity index is 3.32. The van der Waals surface area contributed by atoms with Gasteiger partial charge in [0.05, 0.1) is 18.7 Å². The average Bonchev–Trinajstić information content (AvgIpc) is 2.15. The van der Waals surface area contributed by atoms with Crippen LogP contribution >= 0.6 is 31.9 Å². The van der Waals surface area contributed by atoms with E-state index in [1.807, 2.05) is 0 Å². The Morgan fingerprint density at radius 3 is 2.57 bits per heavy atom. The molecule has 1 heterocycles. The van der Waals surface area contributed by atoms with Crippen molar-refractivity contribution in [1.29, 1.82) is 0 Å². The second-order valence-electron chi connectivity index (χ2n) is 2.30. The first-order valence-electron chi connectivity index (χ1n) is 3.58. The fourth-order valence-corrected chi connectivity index (χ4v) is 2.18. The van der Waals surface area contributed by atoms with E-state index in [1.165, 1.54) is 14.2 Å². The topological polar surface area (TPSA) is 48.4 Å². The number of hydrogen-bond donors (Lipinski definition) is 0. The summed E-state index contributed by atoms with van der Waals surface area (Å²) in [4.78, 5) is 15.3. The zero-order valence-electron chi connectivity index (χ0n) is 7.51. The van der Waals surface area contributed by atoms with E-state index in [-0.39, 0.29) is 5.69 Å². The number of methoxy groups -OCH3 is 2. The van der Waals surface area contributed by atoms with Crippen LogP contribution < -0.4 is 4.74 Å². The van der Waals surface area contributed by atoms with E-state index in [0.717, 1.165) is 0 Å². The van der Waals surface area contributed by atoms with Gasteiger partial charge in [0.2, 0.25) is 0 Å². The summed E-state index contributed by atoms with van der Waals surface area (Å²) in [5.41, 5.74) is 0.135. The third kappa shape index (κ3) is 2.24. The maximum Gasteiger partial charge on any atom is 0.360 e. The Hall–Kier alpha value is -0.620. The van der Waals surface area contributed by atoms with Gasteiger partial charge in [0.1, 0.15) is 4.60 Å². The van der Waals surface area contributed by atoms with Gasteiger partial charge in [-0.1, -0.05) is 0 Å². The van der Waals surface area contributed by atoms with Crippen molar-refractivity contribution >= 4 is 37.8 Å². The Morgan fingerprint density at radius 1 is 1.43 bits per heavy atom. The normalized spacial score (nSPS) is 9.71. The first-order chi connectivity index (χ1) is 6.60. The van der Waals surface area contributed by atoms with Gasteiger partial charge in [0.25, 0.3) is 0 Å². The lowest BCUT2D eigenvalue weighted by molar-refractivity contribution is 0.0589. The molecule has 4 nitrogen and oxygen atoms in total. The molecule has 1 aromatic rings. The van der Waals surface area contributed by atoms with E-state index >= 15 is 0 Å². The molecule has 76 valence electrons. The van der Waals surface area contributed by atoms with E-state index in [2.05, 4.69) is 41.6 Å². The summed E-state index contributed by atoms with van der Waals surface area (Å²) in [6.45, 7) is 0. The molecule has 0 fully saturated rings. The summed E-state index contributed by atoms with van der Waals surface area (Å²) >= 11 is 6.42. The van der Waals surface area contributed by atoms with Gasteiger partial charge >= 0.3 is 5.97 Å². The lowest BCUT2D eigenvalue weighted by Crippen LogP contribution is -2.07. The fraction of sp³-hybridized carbons (Fsp3) is 0.250. The van der Waals surface area contributed by atoms with Gasteiger partial charge in [-0.15, -0.1) is 0 Å². The molecule has 0 aliphatic rings. The molecule has 6 heteroatoms. The molecule has 0 unspecified atom stereocenters. The standard InChI is InChI=1S/C8H7Br2NO3/c1-13-7-4(9)3-5(10)11-6(7)8(12)14-2/h3H,1-2H3. The molecule has 1 rings (SSSR count). The van der Waals surface area contributed by atoms with Crippen molar-refractivity contribution < 1.29 is 14.3 Å². The van der Waals surface area contributed by atoms with Gasteiger partial charge in [-0.2, -0.15) is 0 Å². The van der Waals surface area contributed by atoms with Crippen molar-refractivity contribution in [3.05, 3.63) is 20.8 Å². The highest BCUT2D eigenvalue weighted by molar-refractivity contribution is 9.11.